The van der Waals surface area contributed by atoms with Crippen LogP contribution in [0.1, 0.15) is 66.2 Å². The van der Waals surface area contributed by atoms with Gasteiger partial charge in [-0.2, -0.15) is 0 Å². The van der Waals surface area contributed by atoms with Crippen LogP contribution < -0.4 is 0 Å². The zero-order valence-electron chi connectivity index (χ0n) is 21.2. The van der Waals surface area contributed by atoms with Crippen molar-refractivity contribution < 1.29 is 42.5 Å². The molecule has 0 radical (unpaired) electrons. The van der Waals surface area contributed by atoms with Gasteiger partial charge in [0.25, 0.3) is 0 Å². The Bertz CT molecular complexity index is 1040. The van der Waals surface area contributed by atoms with Crippen molar-refractivity contribution in [1.82, 2.24) is 0 Å². The second kappa shape index (κ2) is 8.79. The van der Waals surface area contributed by atoms with E-state index in [1.54, 1.807) is 13.8 Å². The van der Waals surface area contributed by atoms with Gasteiger partial charge in [0.1, 0.15) is 12.8 Å². The van der Waals surface area contributed by atoms with Crippen LogP contribution in [0.15, 0.2) is 23.6 Å². The summed E-state index contributed by atoms with van der Waals surface area (Å²) in [6.07, 6.45) is -1.07. The monoisotopic (exact) mass is 512 g/mol. The Labute approximate surface area is 209 Å². The molecule has 2 N–H and O–H groups in total. The van der Waals surface area contributed by atoms with Gasteiger partial charge in [0, 0.05) is 34.7 Å². The number of carbonyl (C=O) groups excluding carboxylic acids is 3. The van der Waals surface area contributed by atoms with Gasteiger partial charge in [-0.15, -0.1) is 0 Å². The molecule has 0 bridgehead atoms. The van der Waals surface area contributed by atoms with Gasteiger partial charge in [-0.1, -0.05) is 33.3 Å². The first kappa shape index (κ1) is 27.0. The lowest BCUT2D eigenvalue weighted by Crippen LogP contribution is -2.71. The molecule has 0 amide bonds. The molecule has 0 aromatic heterocycles. The number of fused-ring (bicyclic) bond motifs is 5. The summed E-state index contributed by atoms with van der Waals surface area (Å²) >= 11 is 0. The van der Waals surface area contributed by atoms with E-state index in [4.69, 9.17) is 4.74 Å². The van der Waals surface area contributed by atoms with Crippen LogP contribution in [0, 0.1) is 28.6 Å². The number of alkyl halides is 2. The summed E-state index contributed by atoms with van der Waals surface area (Å²) in [5.41, 5.74) is -8.18. The Morgan fingerprint density at radius 3 is 2.50 bits per heavy atom. The van der Waals surface area contributed by atoms with Gasteiger partial charge in [-0.25, -0.2) is 13.2 Å². The van der Waals surface area contributed by atoms with Gasteiger partial charge < -0.3 is 14.9 Å². The van der Waals surface area contributed by atoms with Gasteiger partial charge in [-0.3, -0.25) is 14.4 Å². The largest absolute Gasteiger partial charge is 0.450 e. The first-order valence-electron chi connectivity index (χ1n) is 12.8. The quantitative estimate of drug-likeness (QED) is 0.524. The summed E-state index contributed by atoms with van der Waals surface area (Å²) in [6, 6.07) is 0. The number of Topliss-reactive ketones (excluding diaryl/α,β-unsaturated/α-hetero) is 1. The summed E-state index contributed by atoms with van der Waals surface area (Å²) in [6.45, 7) is 5.59. The number of carbonyl (C=O) groups is 3. The number of unbranched alkanes of at least 4 members (excludes halogenated alkanes) is 1. The number of hydrogen-bond acceptors (Lipinski definition) is 6. The molecule has 0 aromatic rings. The molecule has 4 aliphatic carbocycles. The minimum Gasteiger partial charge on any atom is -0.450 e. The predicted octanol–water partition coefficient (Wildman–Crippen LogP) is 3.88. The third kappa shape index (κ3) is 3.20. The Morgan fingerprint density at radius 2 is 1.89 bits per heavy atom. The molecule has 3 fully saturated rings. The Hall–Kier alpha value is -2.00. The maximum atomic E-state index is 17.3. The number of allylic oxidation sites excluding steroid dienone is 4. The van der Waals surface area contributed by atoms with Crippen molar-refractivity contribution in [2.24, 2.45) is 28.6 Å². The number of aliphatic hydroxyl groups is 2. The number of aliphatic hydroxyl groups excluding tert-OH is 2. The van der Waals surface area contributed by atoms with Crippen molar-refractivity contribution in [3.05, 3.63) is 23.6 Å². The van der Waals surface area contributed by atoms with E-state index in [9.17, 15) is 29.0 Å². The molecule has 3 saturated carbocycles. The molecule has 6 nitrogen and oxygen atoms in total. The third-order valence-electron chi connectivity index (χ3n) is 9.81. The number of ether oxygens (including phenoxy) is 1. The average Bonchev–Trinajstić information content (AvgIpc) is 3.03. The fourth-order valence-corrected chi connectivity index (χ4v) is 8.15. The number of hydrogen-bond donors (Lipinski definition) is 2. The van der Waals surface area contributed by atoms with Crippen molar-refractivity contribution in [3.63, 3.8) is 0 Å². The van der Waals surface area contributed by atoms with Crippen LogP contribution in [-0.2, 0) is 19.1 Å². The first-order chi connectivity index (χ1) is 16.8. The third-order valence-corrected chi connectivity index (χ3v) is 9.81. The van der Waals surface area contributed by atoms with Crippen LogP contribution in [0.4, 0.5) is 13.2 Å². The van der Waals surface area contributed by atoms with Crippen molar-refractivity contribution in [2.45, 2.75) is 89.8 Å². The van der Waals surface area contributed by atoms with Gasteiger partial charge in [0.15, 0.2) is 17.1 Å². The standard InChI is InChI=1S/C27H35F3O6/c1-5-6-7-21(35)36-27(20(34)13-31)14(2)10-15-16-11-17(28)22-23(29)18(32)8-9-24(22,3)26(16,30)19(33)12-25(15,27)4/h8-9,14-17,19,31,33H,5-7,10-13H2,1-4H3/t14-,15-,16-,17-,19-,24-,25-,26-,27+/m0/s1. The summed E-state index contributed by atoms with van der Waals surface area (Å²) in [7, 11) is 0. The van der Waals surface area contributed by atoms with Crippen LogP contribution >= 0.6 is 0 Å². The summed E-state index contributed by atoms with van der Waals surface area (Å²) in [5.74, 6) is -6.26. The molecule has 36 heavy (non-hydrogen) atoms. The summed E-state index contributed by atoms with van der Waals surface area (Å²) in [4.78, 5) is 38.1. The Balaban J connectivity index is 1.85. The Morgan fingerprint density at radius 1 is 1.22 bits per heavy atom. The summed E-state index contributed by atoms with van der Waals surface area (Å²) < 4.78 is 53.6. The van der Waals surface area contributed by atoms with Gasteiger partial charge in [0.05, 0.1) is 6.10 Å². The van der Waals surface area contributed by atoms with Crippen molar-refractivity contribution in [3.8, 4) is 0 Å². The molecular formula is C27H35F3O6. The van der Waals surface area contributed by atoms with Crippen molar-refractivity contribution in [1.29, 1.82) is 0 Å². The summed E-state index contributed by atoms with van der Waals surface area (Å²) in [5, 5.41) is 21.3. The maximum Gasteiger partial charge on any atom is 0.306 e. The molecule has 0 heterocycles. The molecule has 200 valence electrons. The number of esters is 1. The van der Waals surface area contributed by atoms with E-state index in [1.165, 1.54) is 6.92 Å². The second-order valence-electron chi connectivity index (χ2n) is 11.5. The normalized spacial score (nSPS) is 45.7. The Kier molecular flexibility index (Phi) is 6.60. The zero-order chi connectivity index (χ0) is 26.8. The molecule has 0 aromatic carbocycles. The lowest BCUT2D eigenvalue weighted by Gasteiger charge is -2.63. The highest BCUT2D eigenvalue weighted by Gasteiger charge is 2.78. The minimum atomic E-state index is -2.53. The first-order valence-corrected chi connectivity index (χ1v) is 12.8. The zero-order valence-corrected chi connectivity index (χ0v) is 21.2. The van der Waals surface area contributed by atoms with Crippen LogP contribution in [0.25, 0.3) is 0 Å². The molecular weight excluding hydrogens is 477 g/mol. The molecule has 0 spiro atoms. The second-order valence-corrected chi connectivity index (χ2v) is 11.5. The van der Waals surface area contributed by atoms with Crippen LogP contribution in [-0.4, -0.2) is 57.9 Å². The van der Waals surface area contributed by atoms with Gasteiger partial charge in [0.2, 0.25) is 11.6 Å². The van der Waals surface area contributed by atoms with Gasteiger partial charge >= 0.3 is 5.97 Å². The molecule has 9 heteroatoms. The van der Waals surface area contributed by atoms with E-state index >= 15 is 8.78 Å². The molecule has 0 aliphatic heterocycles. The lowest BCUT2D eigenvalue weighted by molar-refractivity contribution is -0.232. The van der Waals surface area contributed by atoms with E-state index in [0.717, 1.165) is 18.6 Å². The SMILES string of the molecule is CCCCC(=O)O[C@@]1(C(=O)CO)[C@@H](C)C[C@H]2[C@@H]3C[C@H](F)C4=C(F)C(=O)C=C[C@]4(C)[C@@]3(F)[C@@H](O)C[C@@]21C. The molecule has 0 saturated heterocycles. The highest BCUT2D eigenvalue weighted by Crippen LogP contribution is 2.72. The molecule has 0 unspecified atom stereocenters. The smallest absolute Gasteiger partial charge is 0.306 e. The number of ketones is 2. The highest BCUT2D eigenvalue weighted by molar-refractivity contribution is 6.04. The topological polar surface area (TPSA) is 101 Å². The van der Waals surface area contributed by atoms with E-state index in [2.05, 4.69) is 0 Å². The minimum absolute atomic E-state index is 0.0559. The maximum absolute atomic E-state index is 17.3. The van der Waals surface area contributed by atoms with E-state index in [0.29, 0.717) is 6.42 Å². The fraction of sp³-hybridized carbons (Fsp3) is 0.741. The van der Waals surface area contributed by atoms with E-state index < -0.39 is 94.1 Å². The molecule has 4 aliphatic rings. The molecule has 4 rings (SSSR count). The fourth-order valence-electron chi connectivity index (χ4n) is 8.15. The van der Waals surface area contributed by atoms with Crippen molar-refractivity contribution in [2.75, 3.05) is 6.61 Å². The van der Waals surface area contributed by atoms with Crippen LogP contribution in [0.3, 0.4) is 0 Å². The van der Waals surface area contributed by atoms with Crippen LogP contribution in [0.5, 0.6) is 0 Å². The van der Waals surface area contributed by atoms with Crippen molar-refractivity contribution >= 4 is 17.5 Å². The highest BCUT2D eigenvalue weighted by atomic mass is 19.2. The van der Waals surface area contributed by atoms with Crippen LogP contribution in [0.2, 0.25) is 0 Å². The number of halogens is 3. The van der Waals surface area contributed by atoms with Gasteiger partial charge in [-0.05, 0) is 44.6 Å². The average molecular weight is 513 g/mol. The number of rotatable bonds is 6. The van der Waals surface area contributed by atoms with E-state index in [1.807, 2.05) is 6.92 Å². The lowest BCUT2D eigenvalue weighted by atomic mass is 9.44. The van der Waals surface area contributed by atoms with E-state index in [-0.39, 0.29) is 19.3 Å². The predicted molar refractivity (Wildman–Crippen MR) is 124 cm³/mol. The molecule has 9 atom stereocenters.